The van der Waals surface area contributed by atoms with Crippen molar-refractivity contribution in [3.8, 4) is 0 Å². The molecule has 80 valence electrons. The topological polar surface area (TPSA) is 63.5 Å². The molecule has 0 aliphatic rings. The van der Waals surface area contributed by atoms with Crippen LogP contribution in [0.5, 0.6) is 0 Å². The predicted octanol–water partition coefficient (Wildman–Crippen LogP) is 1.40. The second-order valence-electron chi connectivity index (χ2n) is 3.42. The van der Waals surface area contributed by atoms with Gasteiger partial charge in [0.05, 0.1) is 28.5 Å². The lowest BCUT2D eigenvalue weighted by molar-refractivity contribution is 0.265. The second-order valence-corrected chi connectivity index (χ2v) is 4.28. The lowest BCUT2D eigenvalue weighted by Gasteiger charge is -2.09. The Morgan fingerprint density at radius 3 is 3.07 bits per heavy atom. The van der Waals surface area contributed by atoms with E-state index in [0.717, 1.165) is 21.5 Å². The van der Waals surface area contributed by atoms with E-state index in [1.165, 1.54) is 0 Å². The van der Waals surface area contributed by atoms with Gasteiger partial charge in [-0.3, -0.25) is 0 Å². The number of aliphatic hydroxyl groups is 1. The minimum Gasteiger partial charge on any atom is -0.394 e. The second kappa shape index (κ2) is 3.92. The van der Waals surface area contributed by atoms with Crippen LogP contribution in [0, 0.1) is 6.92 Å². The van der Waals surface area contributed by atoms with Crippen LogP contribution in [-0.2, 0) is 0 Å². The summed E-state index contributed by atoms with van der Waals surface area (Å²) in [5, 5.41) is 9.08. The van der Waals surface area contributed by atoms with Crippen LogP contribution in [0.25, 0.3) is 5.65 Å². The van der Waals surface area contributed by atoms with Gasteiger partial charge in [-0.1, -0.05) is 0 Å². The van der Waals surface area contributed by atoms with Crippen LogP contribution in [0.4, 0.5) is 0 Å². The number of aryl methyl sites for hydroxylation is 1. The molecule has 15 heavy (non-hydrogen) atoms. The van der Waals surface area contributed by atoms with E-state index in [1.54, 1.807) is 0 Å². The smallest absolute Gasteiger partial charge is 0.151 e. The Labute approximate surface area is 95.9 Å². The first-order valence-electron chi connectivity index (χ1n) is 4.64. The van der Waals surface area contributed by atoms with Crippen molar-refractivity contribution in [2.75, 3.05) is 6.61 Å². The van der Waals surface area contributed by atoms with E-state index < -0.39 is 6.04 Å². The van der Waals surface area contributed by atoms with Crippen LogP contribution >= 0.6 is 15.9 Å². The molecule has 1 unspecified atom stereocenters. The van der Waals surface area contributed by atoms with Crippen LogP contribution in [0.2, 0.25) is 0 Å². The quantitative estimate of drug-likeness (QED) is 0.867. The van der Waals surface area contributed by atoms with Crippen molar-refractivity contribution >= 4 is 21.6 Å². The summed E-state index contributed by atoms with van der Waals surface area (Å²) >= 11 is 3.43. The van der Waals surface area contributed by atoms with E-state index in [1.807, 2.05) is 29.7 Å². The summed E-state index contributed by atoms with van der Waals surface area (Å²) in [6.07, 6.45) is 1.89. The molecular formula is C10H12BrN3O. The number of nitrogens with two attached hydrogens (primary N) is 1. The monoisotopic (exact) mass is 269 g/mol. The Kier molecular flexibility index (Phi) is 2.77. The number of imidazole rings is 1. The fourth-order valence-corrected chi connectivity index (χ4v) is 2.13. The largest absolute Gasteiger partial charge is 0.394 e. The number of nitrogens with zero attached hydrogens (tertiary/aromatic N) is 2. The van der Waals surface area contributed by atoms with Gasteiger partial charge >= 0.3 is 0 Å². The first kappa shape index (κ1) is 10.6. The number of halogens is 1. The number of aromatic nitrogens is 2. The molecular weight excluding hydrogens is 258 g/mol. The van der Waals surface area contributed by atoms with E-state index in [9.17, 15) is 0 Å². The van der Waals surface area contributed by atoms with Gasteiger partial charge in [0.15, 0.2) is 5.65 Å². The summed E-state index contributed by atoms with van der Waals surface area (Å²) in [6, 6.07) is 3.44. The van der Waals surface area contributed by atoms with Gasteiger partial charge in [0.1, 0.15) is 0 Å². The number of aliphatic hydroxyl groups excluding tert-OH is 1. The van der Waals surface area contributed by atoms with Gasteiger partial charge < -0.3 is 15.2 Å². The number of rotatable bonds is 2. The standard InChI is InChI=1S/C10H12BrN3O/c1-6-9(8(12)5-15)14-4-2-3-7(11)10(14)13-6/h2-4,8,15H,5,12H2,1H3. The Morgan fingerprint density at radius 2 is 2.40 bits per heavy atom. The van der Waals surface area contributed by atoms with E-state index >= 15 is 0 Å². The van der Waals surface area contributed by atoms with Crippen LogP contribution < -0.4 is 5.73 Å². The zero-order valence-corrected chi connectivity index (χ0v) is 9.90. The molecule has 0 aliphatic heterocycles. The molecule has 2 heterocycles. The zero-order chi connectivity index (χ0) is 11.0. The van der Waals surface area contributed by atoms with Gasteiger partial charge in [-0.25, -0.2) is 4.98 Å². The summed E-state index contributed by atoms with van der Waals surface area (Å²) in [7, 11) is 0. The highest BCUT2D eigenvalue weighted by atomic mass is 79.9. The average Bonchev–Trinajstić information content (AvgIpc) is 2.55. The van der Waals surface area contributed by atoms with Crippen molar-refractivity contribution in [2.24, 2.45) is 5.73 Å². The third-order valence-corrected chi connectivity index (χ3v) is 2.99. The molecule has 0 aromatic carbocycles. The van der Waals surface area contributed by atoms with Crippen molar-refractivity contribution in [2.45, 2.75) is 13.0 Å². The van der Waals surface area contributed by atoms with Crippen molar-refractivity contribution < 1.29 is 5.11 Å². The minimum atomic E-state index is -0.394. The van der Waals surface area contributed by atoms with E-state index in [2.05, 4.69) is 20.9 Å². The van der Waals surface area contributed by atoms with Gasteiger partial charge in [0.25, 0.3) is 0 Å². The summed E-state index contributed by atoms with van der Waals surface area (Å²) < 4.78 is 2.82. The lowest BCUT2D eigenvalue weighted by Crippen LogP contribution is -2.17. The lowest BCUT2D eigenvalue weighted by atomic mass is 10.2. The summed E-state index contributed by atoms with van der Waals surface area (Å²) in [6.45, 7) is 1.81. The third-order valence-electron chi connectivity index (χ3n) is 2.37. The Morgan fingerprint density at radius 1 is 1.67 bits per heavy atom. The number of hydrogen-bond donors (Lipinski definition) is 2. The predicted molar refractivity (Wildman–Crippen MR) is 61.6 cm³/mol. The molecule has 0 saturated heterocycles. The molecule has 4 nitrogen and oxygen atoms in total. The van der Waals surface area contributed by atoms with Gasteiger partial charge in [0, 0.05) is 6.20 Å². The van der Waals surface area contributed by atoms with Gasteiger partial charge in [-0.05, 0) is 35.0 Å². The highest BCUT2D eigenvalue weighted by molar-refractivity contribution is 9.10. The van der Waals surface area contributed by atoms with Crippen molar-refractivity contribution in [3.63, 3.8) is 0 Å². The SMILES string of the molecule is Cc1nc2c(Br)cccn2c1C(N)CO. The molecule has 0 amide bonds. The van der Waals surface area contributed by atoms with Crippen molar-refractivity contribution in [1.29, 1.82) is 0 Å². The molecule has 0 fully saturated rings. The van der Waals surface area contributed by atoms with Crippen LogP contribution in [0.1, 0.15) is 17.4 Å². The van der Waals surface area contributed by atoms with Gasteiger partial charge in [-0.2, -0.15) is 0 Å². The molecule has 2 aromatic heterocycles. The summed E-state index contributed by atoms with van der Waals surface area (Å²) in [5.41, 5.74) is 8.36. The maximum Gasteiger partial charge on any atom is 0.151 e. The minimum absolute atomic E-state index is 0.0822. The normalized spacial score (nSPS) is 13.3. The fraction of sp³-hybridized carbons (Fsp3) is 0.300. The van der Waals surface area contributed by atoms with Crippen molar-refractivity contribution in [3.05, 3.63) is 34.2 Å². The van der Waals surface area contributed by atoms with Gasteiger partial charge in [-0.15, -0.1) is 0 Å². The molecule has 0 saturated carbocycles. The Balaban J connectivity index is 2.73. The molecule has 0 spiro atoms. The molecule has 1 atom stereocenters. The summed E-state index contributed by atoms with van der Waals surface area (Å²) in [4.78, 5) is 4.41. The number of fused-ring (bicyclic) bond motifs is 1. The maximum atomic E-state index is 9.08. The third kappa shape index (κ3) is 1.67. The Hall–Kier alpha value is -0.910. The molecule has 5 heteroatoms. The van der Waals surface area contributed by atoms with E-state index in [4.69, 9.17) is 10.8 Å². The Bertz CT molecular complexity index is 495. The van der Waals surface area contributed by atoms with Crippen molar-refractivity contribution in [1.82, 2.24) is 9.38 Å². The fourth-order valence-electron chi connectivity index (χ4n) is 1.70. The first-order chi connectivity index (χ1) is 7.15. The van der Waals surface area contributed by atoms with E-state index in [-0.39, 0.29) is 6.61 Å². The molecule has 0 bridgehead atoms. The van der Waals surface area contributed by atoms with Crippen LogP contribution in [0.3, 0.4) is 0 Å². The highest BCUT2D eigenvalue weighted by Crippen LogP contribution is 2.23. The highest BCUT2D eigenvalue weighted by Gasteiger charge is 2.15. The van der Waals surface area contributed by atoms with Gasteiger partial charge in [0.2, 0.25) is 0 Å². The number of pyridine rings is 1. The first-order valence-corrected chi connectivity index (χ1v) is 5.44. The van der Waals surface area contributed by atoms with Crippen LogP contribution in [-0.4, -0.2) is 21.1 Å². The maximum absolute atomic E-state index is 9.08. The van der Waals surface area contributed by atoms with E-state index in [0.29, 0.717) is 0 Å². The molecule has 3 N–H and O–H groups in total. The zero-order valence-electron chi connectivity index (χ0n) is 8.31. The molecule has 2 rings (SSSR count). The number of hydrogen-bond acceptors (Lipinski definition) is 3. The molecule has 0 aliphatic carbocycles. The molecule has 0 radical (unpaired) electrons. The molecule has 2 aromatic rings. The average molecular weight is 270 g/mol. The summed E-state index contributed by atoms with van der Waals surface area (Å²) in [5.74, 6) is 0. The van der Waals surface area contributed by atoms with Crippen LogP contribution in [0.15, 0.2) is 22.8 Å².